The molecule has 0 atom stereocenters. The number of aromatic nitrogens is 1. The molecular weight excluding hydrogens is 252 g/mol. The molecule has 3 rings (SSSR count). The summed E-state index contributed by atoms with van der Waals surface area (Å²) in [5, 5.41) is 19.9. The van der Waals surface area contributed by atoms with E-state index in [9.17, 15) is 9.90 Å². The minimum absolute atomic E-state index is 0.0472. The van der Waals surface area contributed by atoms with Crippen LogP contribution in [-0.2, 0) is 0 Å². The number of phenols is 1. The third kappa shape index (κ3) is 1.82. The van der Waals surface area contributed by atoms with E-state index in [4.69, 9.17) is 5.26 Å². The molecule has 1 heterocycles. The summed E-state index contributed by atoms with van der Waals surface area (Å²) in [4.78, 5) is 14.5. The van der Waals surface area contributed by atoms with Crippen LogP contribution in [0.25, 0.3) is 21.9 Å². The first-order valence-electron chi connectivity index (χ1n) is 6.04. The second-order valence-corrected chi connectivity index (χ2v) is 4.42. The maximum Gasteiger partial charge on any atom is 0.255 e. The minimum atomic E-state index is -0.254. The SMILES string of the molecule is N#Cc1cccc(-c2c[nH]c(=O)c3cccc(O)c23)c1. The summed E-state index contributed by atoms with van der Waals surface area (Å²) in [7, 11) is 0. The molecule has 4 heteroatoms. The number of aromatic amines is 1. The summed E-state index contributed by atoms with van der Waals surface area (Å²) in [6, 6.07) is 13.9. The van der Waals surface area contributed by atoms with E-state index >= 15 is 0 Å². The average Bonchev–Trinajstić information content (AvgIpc) is 2.48. The van der Waals surface area contributed by atoms with E-state index in [-0.39, 0.29) is 11.3 Å². The summed E-state index contributed by atoms with van der Waals surface area (Å²) in [6.45, 7) is 0. The molecule has 96 valence electrons. The molecule has 4 nitrogen and oxygen atoms in total. The highest BCUT2D eigenvalue weighted by molar-refractivity contribution is 5.99. The third-order valence-corrected chi connectivity index (χ3v) is 3.21. The van der Waals surface area contributed by atoms with Gasteiger partial charge in [-0.25, -0.2) is 0 Å². The molecule has 0 saturated carbocycles. The van der Waals surface area contributed by atoms with Crippen LogP contribution in [0.3, 0.4) is 0 Å². The van der Waals surface area contributed by atoms with Crippen molar-refractivity contribution in [3.8, 4) is 22.9 Å². The number of aromatic hydroxyl groups is 1. The maximum absolute atomic E-state index is 11.8. The Bertz CT molecular complexity index is 904. The van der Waals surface area contributed by atoms with Gasteiger partial charge in [0.25, 0.3) is 5.56 Å². The van der Waals surface area contributed by atoms with Crippen molar-refractivity contribution in [3.63, 3.8) is 0 Å². The average molecular weight is 262 g/mol. The van der Waals surface area contributed by atoms with Crippen molar-refractivity contribution in [1.82, 2.24) is 4.98 Å². The number of nitrogens with zero attached hydrogens (tertiary/aromatic N) is 1. The number of rotatable bonds is 1. The van der Waals surface area contributed by atoms with E-state index in [2.05, 4.69) is 11.1 Å². The number of H-pyrrole nitrogens is 1. The molecular formula is C16H10N2O2. The molecule has 2 aromatic carbocycles. The first-order chi connectivity index (χ1) is 9.70. The number of phenolic OH excluding ortho intramolecular Hbond substituents is 1. The van der Waals surface area contributed by atoms with Crippen LogP contribution in [0.2, 0.25) is 0 Å². The van der Waals surface area contributed by atoms with Gasteiger partial charge < -0.3 is 10.1 Å². The Kier molecular flexibility index (Phi) is 2.73. The lowest BCUT2D eigenvalue weighted by Crippen LogP contribution is -2.05. The first kappa shape index (κ1) is 12.0. The van der Waals surface area contributed by atoms with Gasteiger partial charge in [-0.1, -0.05) is 18.2 Å². The van der Waals surface area contributed by atoms with Crippen LogP contribution in [0.1, 0.15) is 5.56 Å². The fraction of sp³-hybridized carbons (Fsp3) is 0. The molecule has 0 aliphatic heterocycles. The van der Waals surface area contributed by atoms with Gasteiger partial charge in [0, 0.05) is 17.1 Å². The van der Waals surface area contributed by atoms with Crippen molar-refractivity contribution in [1.29, 1.82) is 5.26 Å². The lowest BCUT2D eigenvalue weighted by Gasteiger charge is -2.08. The van der Waals surface area contributed by atoms with Crippen LogP contribution in [-0.4, -0.2) is 10.1 Å². The van der Waals surface area contributed by atoms with Gasteiger partial charge >= 0.3 is 0 Å². The molecule has 0 spiro atoms. The Labute approximate surface area is 114 Å². The number of hydrogen-bond acceptors (Lipinski definition) is 3. The second kappa shape index (κ2) is 4.56. The molecule has 0 bridgehead atoms. The highest BCUT2D eigenvalue weighted by atomic mass is 16.3. The van der Waals surface area contributed by atoms with Crippen LogP contribution in [0, 0.1) is 11.3 Å². The molecule has 0 saturated heterocycles. The standard InChI is InChI=1S/C16H10N2O2/c17-8-10-3-1-4-11(7-10)13-9-18-16(20)12-5-2-6-14(19)15(12)13/h1-7,9,19H,(H,18,20). The first-order valence-corrected chi connectivity index (χ1v) is 6.04. The van der Waals surface area contributed by atoms with E-state index < -0.39 is 0 Å². The van der Waals surface area contributed by atoms with Gasteiger partial charge in [0.15, 0.2) is 0 Å². The third-order valence-electron chi connectivity index (χ3n) is 3.21. The molecule has 0 aliphatic rings. The predicted molar refractivity (Wildman–Crippen MR) is 76.4 cm³/mol. The van der Waals surface area contributed by atoms with Crippen LogP contribution in [0.15, 0.2) is 53.5 Å². The molecule has 0 unspecified atom stereocenters. The lowest BCUT2D eigenvalue weighted by molar-refractivity contribution is 0.481. The van der Waals surface area contributed by atoms with Crippen molar-refractivity contribution in [2.45, 2.75) is 0 Å². The fourth-order valence-corrected chi connectivity index (χ4v) is 2.28. The van der Waals surface area contributed by atoms with Crippen molar-refractivity contribution in [2.24, 2.45) is 0 Å². The smallest absolute Gasteiger partial charge is 0.255 e. The normalized spacial score (nSPS) is 10.3. The summed E-state index contributed by atoms with van der Waals surface area (Å²) in [6.07, 6.45) is 1.56. The summed E-state index contributed by atoms with van der Waals surface area (Å²) in [5.74, 6) is 0.0472. The van der Waals surface area contributed by atoms with Gasteiger partial charge in [0.2, 0.25) is 0 Å². The minimum Gasteiger partial charge on any atom is -0.507 e. The lowest BCUT2D eigenvalue weighted by atomic mass is 9.99. The Morgan fingerprint density at radius 1 is 1.15 bits per heavy atom. The number of nitrogens with one attached hydrogen (secondary N) is 1. The molecule has 1 aromatic heterocycles. The zero-order valence-electron chi connectivity index (χ0n) is 10.4. The maximum atomic E-state index is 11.8. The largest absolute Gasteiger partial charge is 0.507 e. The number of fused-ring (bicyclic) bond motifs is 1. The molecule has 20 heavy (non-hydrogen) atoms. The van der Waals surface area contributed by atoms with E-state index in [0.29, 0.717) is 21.9 Å². The van der Waals surface area contributed by atoms with Crippen LogP contribution >= 0.6 is 0 Å². The predicted octanol–water partition coefficient (Wildman–Crippen LogP) is 2.77. The van der Waals surface area contributed by atoms with E-state index in [1.165, 1.54) is 0 Å². The van der Waals surface area contributed by atoms with Gasteiger partial charge in [0.1, 0.15) is 5.75 Å². The van der Waals surface area contributed by atoms with Gasteiger partial charge in [-0.15, -0.1) is 0 Å². The monoisotopic (exact) mass is 262 g/mol. The van der Waals surface area contributed by atoms with E-state index in [0.717, 1.165) is 5.56 Å². The Hall–Kier alpha value is -3.06. The Morgan fingerprint density at radius 3 is 2.75 bits per heavy atom. The van der Waals surface area contributed by atoms with Crippen molar-refractivity contribution in [2.75, 3.05) is 0 Å². The summed E-state index contributed by atoms with van der Waals surface area (Å²) < 4.78 is 0. The van der Waals surface area contributed by atoms with Crippen LogP contribution < -0.4 is 5.56 Å². The van der Waals surface area contributed by atoms with Crippen molar-refractivity contribution >= 4 is 10.8 Å². The fourth-order valence-electron chi connectivity index (χ4n) is 2.28. The Morgan fingerprint density at radius 2 is 1.95 bits per heavy atom. The molecule has 0 radical (unpaired) electrons. The van der Waals surface area contributed by atoms with Crippen molar-refractivity contribution in [3.05, 3.63) is 64.6 Å². The molecule has 2 N–H and O–H groups in total. The summed E-state index contributed by atoms with van der Waals surface area (Å²) >= 11 is 0. The highest BCUT2D eigenvalue weighted by Crippen LogP contribution is 2.32. The molecule has 0 amide bonds. The van der Waals surface area contributed by atoms with Gasteiger partial charge in [-0.2, -0.15) is 5.26 Å². The van der Waals surface area contributed by atoms with Gasteiger partial charge in [-0.3, -0.25) is 4.79 Å². The van der Waals surface area contributed by atoms with Gasteiger partial charge in [0.05, 0.1) is 17.0 Å². The summed E-state index contributed by atoms with van der Waals surface area (Å²) in [5.41, 5.74) is 1.73. The second-order valence-electron chi connectivity index (χ2n) is 4.42. The number of hydrogen-bond donors (Lipinski definition) is 2. The van der Waals surface area contributed by atoms with E-state index in [1.807, 2.05) is 6.07 Å². The number of benzene rings is 2. The molecule has 3 aromatic rings. The molecule has 0 fully saturated rings. The quantitative estimate of drug-likeness (QED) is 0.708. The zero-order chi connectivity index (χ0) is 14.1. The van der Waals surface area contributed by atoms with Gasteiger partial charge in [-0.05, 0) is 29.8 Å². The van der Waals surface area contributed by atoms with Crippen LogP contribution in [0.4, 0.5) is 0 Å². The number of nitriles is 1. The molecule has 0 aliphatic carbocycles. The number of pyridine rings is 1. The highest BCUT2D eigenvalue weighted by Gasteiger charge is 2.10. The zero-order valence-corrected chi connectivity index (χ0v) is 10.4. The Balaban J connectivity index is 2.40. The van der Waals surface area contributed by atoms with E-state index in [1.54, 1.807) is 42.6 Å². The van der Waals surface area contributed by atoms with Crippen LogP contribution in [0.5, 0.6) is 5.75 Å². The topological polar surface area (TPSA) is 76.9 Å². The van der Waals surface area contributed by atoms with Crippen molar-refractivity contribution < 1.29 is 5.11 Å².